The van der Waals surface area contributed by atoms with Gasteiger partial charge < -0.3 is 19.7 Å². The Kier molecular flexibility index (Phi) is 7.88. The van der Waals surface area contributed by atoms with Gasteiger partial charge in [0.05, 0.1) is 12.3 Å². The highest BCUT2D eigenvalue weighted by Gasteiger charge is 2.23. The lowest BCUT2D eigenvalue weighted by Crippen LogP contribution is -2.28. The first-order valence-electron chi connectivity index (χ1n) is 9.95. The molecule has 0 saturated carbocycles. The van der Waals surface area contributed by atoms with Crippen LogP contribution < -0.4 is 9.84 Å². The van der Waals surface area contributed by atoms with Crippen molar-refractivity contribution in [3.05, 3.63) is 59.0 Å². The monoisotopic (exact) mass is 479 g/mol. The zero-order valence-corrected chi connectivity index (χ0v) is 19.3. The number of esters is 1. The van der Waals surface area contributed by atoms with E-state index >= 15 is 0 Å². The fraction of sp³-hybridized carbons (Fsp3) is 0.273. The first-order chi connectivity index (χ1) is 15.3. The second kappa shape index (κ2) is 10.6. The van der Waals surface area contributed by atoms with Crippen LogP contribution in [0.15, 0.2) is 48.5 Å². The number of hydrogen-bond acceptors (Lipinski definition) is 7. The van der Waals surface area contributed by atoms with E-state index in [1.54, 1.807) is 31.2 Å². The Hall–Kier alpha value is -2.90. The smallest absolute Gasteiger partial charge is 0.345 e. The predicted molar refractivity (Wildman–Crippen MR) is 123 cm³/mol. The average Bonchev–Trinajstić information content (AvgIpc) is 3.22. The Balaban J connectivity index is 1.73. The van der Waals surface area contributed by atoms with Gasteiger partial charge >= 0.3 is 11.9 Å². The van der Waals surface area contributed by atoms with Gasteiger partial charge in [-0.25, -0.2) is 14.0 Å². The molecule has 3 aromatic rings. The molecule has 32 heavy (non-hydrogen) atoms. The van der Waals surface area contributed by atoms with Crippen LogP contribution in [0.5, 0.6) is 5.75 Å². The van der Waals surface area contributed by atoms with E-state index in [1.807, 2.05) is 6.92 Å². The molecule has 170 valence electrons. The van der Waals surface area contributed by atoms with Crippen molar-refractivity contribution in [2.45, 2.75) is 32.2 Å². The Labute approximate surface area is 189 Å². The van der Waals surface area contributed by atoms with Crippen molar-refractivity contribution in [2.24, 2.45) is 0 Å². The van der Waals surface area contributed by atoms with Crippen LogP contribution in [0.3, 0.4) is 0 Å². The molecule has 0 fully saturated rings. The minimum atomic E-state index is -3.23. The topological polar surface area (TPSA) is 102 Å². The van der Waals surface area contributed by atoms with Gasteiger partial charge in [-0.1, -0.05) is 25.1 Å². The number of aromatic carboxylic acids is 1. The number of hydrogen-bond donors (Lipinski definition) is 2. The molecule has 2 aromatic carbocycles. The highest BCUT2D eigenvalue weighted by atomic mass is 32.1. The highest BCUT2D eigenvalue weighted by molar-refractivity contribution is 7.39. The van der Waals surface area contributed by atoms with Gasteiger partial charge in [0.1, 0.15) is 16.7 Å². The van der Waals surface area contributed by atoms with Crippen LogP contribution in [0.2, 0.25) is 0 Å². The van der Waals surface area contributed by atoms with Crippen LogP contribution in [-0.4, -0.2) is 29.7 Å². The third-order valence-electron chi connectivity index (χ3n) is 4.52. The van der Waals surface area contributed by atoms with Gasteiger partial charge in [-0.2, -0.15) is 0 Å². The van der Waals surface area contributed by atoms with Gasteiger partial charge in [-0.15, -0.1) is 11.3 Å². The van der Waals surface area contributed by atoms with Crippen molar-refractivity contribution in [1.29, 1.82) is 0 Å². The van der Waals surface area contributed by atoms with Crippen molar-refractivity contribution in [3.63, 3.8) is 0 Å². The number of carboxylic acid groups (broad SMARTS) is 1. The maximum Gasteiger partial charge on any atom is 0.345 e. The van der Waals surface area contributed by atoms with Crippen LogP contribution in [0.1, 0.15) is 41.4 Å². The first-order valence-corrected chi connectivity index (χ1v) is 12.2. The number of ether oxygens (including phenoxy) is 1. The largest absolute Gasteiger partial charge is 0.477 e. The number of alkyl halides is 1. The lowest BCUT2D eigenvalue weighted by atomic mass is 10.2. The number of fused-ring (bicyclic) bond motifs is 1. The van der Waals surface area contributed by atoms with E-state index in [2.05, 4.69) is 5.32 Å². The molecule has 0 saturated heterocycles. The van der Waals surface area contributed by atoms with Crippen LogP contribution >= 0.6 is 19.4 Å². The fourth-order valence-corrected chi connectivity index (χ4v) is 4.75. The molecule has 7 nitrogen and oxygen atoms in total. The molecule has 3 atom stereocenters. The predicted octanol–water partition coefficient (Wildman–Crippen LogP) is 5.87. The van der Waals surface area contributed by atoms with Crippen molar-refractivity contribution in [3.8, 4) is 5.75 Å². The molecule has 0 radical (unpaired) electrons. The Morgan fingerprint density at radius 2 is 1.97 bits per heavy atom. The third kappa shape index (κ3) is 5.66. The van der Waals surface area contributed by atoms with Crippen molar-refractivity contribution >= 4 is 47.1 Å². The van der Waals surface area contributed by atoms with Crippen molar-refractivity contribution < 1.29 is 32.9 Å². The summed E-state index contributed by atoms with van der Waals surface area (Å²) in [6, 6.07) is 11.8. The van der Waals surface area contributed by atoms with E-state index in [-0.39, 0.29) is 16.2 Å². The van der Waals surface area contributed by atoms with Crippen LogP contribution in [0.4, 0.5) is 10.1 Å². The summed E-state index contributed by atoms with van der Waals surface area (Å²) in [5.41, 5.74) is 0.525. The van der Waals surface area contributed by atoms with Gasteiger partial charge in [-0.3, -0.25) is 4.57 Å². The number of thiophene rings is 1. The quantitative estimate of drug-likeness (QED) is 0.277. The van der Waals surface area contributed by atoms with Crippen LogP contribution in [0.25, 0.3) is 10.1 Å². The molecule has 0 spiro atoms. The van der Waals surface area contributed by atoms with E-state index < -0.39 is 31.9 Å². The SMILES string of the molecule is CCCOC(=O)C(C)Nc1ccccc1O[PH](=O)[C@H](F)c1ccc2sc(C(=O)O)cc2c1. The molecule has 0 aliphatic rings. The Bertz CT molecular complexity index is 1150. The molecule has 1 heterocycles. The average molecular weight is 479 g/mol. The summed E-state index contributed by atoms with van der Waals surface area (Å²) in [5.74, 6) is -3.24. The number of rotatable bonds is 10. The number of para-hydroxylation sites is 2. The fourth-order valence-electron chi connectivity index (χ4n) is 2.92. The molecular formula is C22H23FNO6PS. The second-order valence-corrected chi connectivity index (χ2v) is 9.46. The summed E-state index contributed by atoms with van der Waals surface area (Å²) in [7, 11) is -3.23. The summed E-state index contributed by atoms with van der Waals surface area (Å²) in [4.78, 5) is 23.3. The third-order valence-corrected chi connectivity index (χ3v) is 6.79. The maximum atomic E-state index is 15.0. The number of anilines is 1. The molecule has 3 rings (SSSR count). The van der Waals surface area contributed by atoms with Crippen molar-refractivity contribution in [2.75, 3.05) is 11.9 Å². The van der Waals surface area contributed by atoms with E-state index in [0.29, 0.717) is 28.8 Å². The summed E-state index contributed by atoms with van der Waals surface area (Å²) in [6.07, 6.45) is 0.701. The normalized spacial score (nSPS) is 13.8. The zero-order chi connectivity index (χ0) is 23.3. The number of carbonyl (C=O) groups excluding carboxylic acids is 1. The molecule has 0 bridgehead atoms. The minimum absolute atomic E-state index is 0.137. The van der Waals surface area contributed by atoms with Gasteiger partial charge in [0.15, 0.2) is 0 Å². The second-order valence-electron chi connectivity index (χ2n) is 7.03. The van der Waals surface area contributed by atoms with Crippen LogP contribution in [0, 0.1) is 0 Å². The molecule has 0 aliphatic heterocycles. The van der Waals surface area contributed by atoms with E-state index in [4.69, 9.17) is 14.4 Å². The summed E-state index contributed by atoms with van der Waals surface area (Å²) >= 11 is 1.08. The summed E-state index contributed by atoms with van der Waals surface area (Å²) in [6.45, 7) is 3.82. The first kappa shape index (κ1) is 23.8. The number of benzene rings is 2. The van der Waals surface area contributed by atoms with Crippen LogP contribution in [-0.2, 0) is 14.1 Å². The highest BCUT2D eigenvalue weighted by Crippen LogP contribution is 2.46. The maximum absolute atomic E-state index is 15.0. The molecular weight excluding hydrogens is 456 g/mol. The number of nitrogens with one attached hydrogen (secondary N) is 1. The Morgan fingerprint density at radius 3 is 2.69 bits per heavy atom. The minimum Gasteiger partial charge on any atom is -0.477 e. The molecule has 2 unspecified atom stereocenters. The number of carboxylic acids is 1. The number of carbonyl (C=O) groups is 2. The lowest BCUT2D eigenvalue weighted by molar-refractivity contribution is -0.144. The van der Waals surface area contributed by atoms with Gasteiger partial charge in [0.25, 0.3) is 8.03 Å². The molecule has 0 amide bonds. The molecule has 1 aromatic heterocycles. The lowest BCUT2D eigenvalue weighted by Gasteiger charge is -2.18. The standard InChI is InChI=1S/C22H23FNO6PS/c1-3-10-29-22(27)13(2)24-16-6-4-5-7-17(16)30-31(28)20(23)14-8-9-18-15(11-14)12-19(32-18)21(25)26/h4-9,11-13,20,24,31H,3,10H2,1-2H3,(H,25,26)/t13?,20-/m0/s1. The van der Waals surface area contributed by atoms with E-state index in [9.17, 15) is 18.5 Å². The zero-order valence-electron chi connectivity index (χ0n) is 17.5. The Morgan fingerprint density at radius 1 is 1.22 bits per heavy atom. The number of halogens is 1. The molecule has 2 N–H and O–H groups in total. The summed E-state index contributed by atoms with van der Waals surface area (Å²) in [5, 5.41) is 12.6. The van der Waals surface area contributed by atoms with E-state index in [0.717, 1.165) is 11.3 Å². The van der Waals surface area contributed by atoms with Gasteiger partial charge in [0, 0.05) is 4.70 Å². The van der Waals surface area contributed by atoms with E-state index in [1.165, 1.54) is 24.3 Å². The summed E-state index contributed by atoms with van der Waals surface area (Å²) < 4.78 is 38.9. The van der Waals surface area contributed by atoms with Gasteiger partial charge in [0.2, 0.25) is 5.91 Å². The molecule has 0 aliphatic carbocycles. The molecule has 10 heteroatoms. The van der Waals surface area contributed by atoms with Crippen molar-refractivity contribution in [1.82, 2.24) is 0 Å². The van der Waals surface area contributed by atoms with Gasteiger partial charge in [-0.05, 0) is 54.6 Å².